The minimum Gasteiger partial charge on any atom is -0.508 e. The highest BCUT2D eigenvalue weighted by Crippen LogP contribution is 2.44. The molecule has 18 heavy (non-hydrogen) atoms. The molecule has 1 aromatic heterocycles. The van der Waals surface area contributed by atoms with Gasteiger partial charge < -0.3 is 20.3 Å². The van der Waals surface area contributed by atoms with E-state index in [1.54, 1.807) is 24.0 Å². The van der Waals surface area contributed by atoms with E-state index in [9.17, 15) is 5.11 Å². The highest BCUT2D eigenvalue weighted by Gasteiger charge is 2.21. The monoisotopic (exact) mass is 247 g/mol. The quantitative estimate of drug-likeness (QED) is 0.789. The molecule has 0 saturated carbocycles. The Balaban J connectivity index is 2.22. The summed E-state index contributed by atoms with van der Waals surface area (Å²) >= 11 is 0. The first-order valence-corrected chi connectivity index (χ1v) is 5.57. The molecule has 94 valence electrons. The topological polar surface area (TPSA) is 82.5 Å². The molecule has 3 rings (SSSR count). The predicted molar refractivity (Wildman–Crippen MR) is 65.7 cm³/mol. The van der Waals surface area contributed by atoms with E-state index < -0.39 is 0 Å². The minimum atomic E-state index is 0.109. The second kappa shape index (κ2) is 3.83. The zero-order chi connectivity index (χ0) is 12.7. The van der Waals surface area contributed by atoms with Crippen LogP contribution in [0.2, 0.25) is 0 Å². The lowest BCUT2D eigenvalue weighted by Crippen LogP contribution is -2.16. The van der Waals surface area contributed by atoms with Crippen LogP contribution in [0, 0.1) is 0 Å². The standard InChI is InChI=1S/C12H13N3O3/c1-15-12(13)9(6-14-15)8-4-7(16)5-10-11(8)18-3-2-17-10/h4-6,16H,2-3,13H2,1H3. The number of benzene rings is 1. The second-order valence-electron chi connectivity index (χ2n) is 4.08. The zero-order valence-corrected chi connectivity index (χ0v) is 9.88. The third kappa shape index (κ3) is 1.54. The Morgan fingerprint density at radius 1 is 1.28 bits per heavy atom. The molecule has 1 aliphatic rings. The number of fused-ring (bicyclic) bond motifs is 1. The van der Waals surface area contributed by atoms with Crippen LogP contribution in [0.4, 0.5) is 5.82 Å². The van der Waals surface area contributed by atoms with Gasteiger partial charge in [-0.1, -0.05) is 0 Å². The lowest BCUT2D eigenvalue weighted by atomic mass is 10.1. The van der Waals surface area contributed by atoms with Crippen LogP contribution in [0.1, 0.15) is 0 Å². The van der Waals surface area contributed by atoms with Gasteiger partial charge in [0.15, 0.2) is 11.5 Å². The zero-order valence-electron chi connectivity index (χ0n) is 9.88. The van der Waals surface area contributed by atoms with Gasteiger partial charge in [0.05, 0.1) is 6.20 Å². The van der Waals surface area contributed by atoms with Gasteiger partial charge >= 0.3 is 0 Å². The molecule has 1 aliphatic heterocycles. The van der Waals surface area contributed by atoms with E-state index in [4.69, 9.17) is 15.2 Å². The smallest absolute Gasteiger partial charge is 0.169 e. The fourth-order valence-corrected chi connectivity index (χ4v) is 1.99. The molecular weight excluding hydrogens is 234 g/mol. The number of nitrogens with zero attached hydrogens (tertiary/aromatic N) is 2. The largest absolute Gasteiger partial charge is 0.508 e. The molecule has 0 unspecified atom stereocenters. The Kier molecular flexibility index (Phi) is 2.29. The van der Waals surface area contributed by atoms with E-state index in [1.807, 2.05) is 0 Å². The first-order valence-electron chi connectivity index (χ1n) is 5.57. The van der Waals surface area contributed by atoms with Crippen LogP contribution >= 0.6 is 0 Å². The number of anilines is 1. The number of aromatic nitrogens is 2. The van der Waals surface area contributed by atoms with Crippen LogP contribution in [0.15, 0.2) is 18.3 Å². The third-order valence-corrected chi connectivity index (χ3v) is 2.90. The lowest BCUT2D eigenvalue weighted by Gasteiger charge is -2.21. The van der Waals surface area contributed by atoms with Crippen molar-refractivity contribution >= 4 is 5.82 Å². The number of ether oxygens (including phenoxy) is 2. The molecule has 2 aromatic rings. The van der Waals surface area contributed by atoms with Crippen LogP contribution < -0.4 is 15.2 Å². The molecule has 6 heteroatoms. The van der Waals surface area contributed by atoms with Crippen molar-refractivity contribution in [2.75, 3.05) is 18.9 Å². The lowest BCUT2D eigenvalue weighted by molar-refractivity contribution is 0.171. The van der Waals surface area contributed by atoms with Gasteiger partial charge in [-0.15, -0.1) is 0 Å². The number of nitrogens with two attached hydrogens (primary N) is 1. The number of phenols is 1. The highest BCUT2D eigenvalue weighted by atomic mass is 16.6. The summed E-state index contributed by atoms with van der Waals surface area (Å²) in [6, 6.07) is 3.13. The SMILES string of the molecule is Cn1ncc(-c2cc(O)cc3c2OCCO3)c1N. The normalized spacial score (nSPS) is 13.6. The van der Waals surface area contributed by atoms with Crippen LogP contribution in [0.3, 0.4) is 0 Å². The van der Waals surface area contributed by atoms with Gasteiger partial charge in [0.2, 0.25) is 0 Å². The summed E-state index contributed by atoms with van der Waals surface area (Å²) < 4.78 is 12.6. The molecule has 3 N–H and O–H groups in total. The second-order valence-corrected chi connectivity index (χ2v) is 4.08. The Labute approximate surface area is 104 Å². The van der Waals surface area contributed by atoms with E-state index in [1.165, 1.54) is 6.07 Å². The van der Waals surface area contributed by atoms with Crippen molar-refractivity contribution in [3.63, 3.8) is 0 Å². The number of rotatable bonds is 1. The summed E-state index contributed by atoms with van der Waals surface area (Å²) in [6.07, 6.45) is 1.64. The molecule has 0 fully saturated rings. The van der Waals surface area contributed by atoms with E-state index in [0.717, 1.165) is 5.56 Å². The maximum absolute atomic E-state index is 9.72. The number of aryl methyl sites for hydroxylation is 1. The minimum absolute atomic E-state index is 0.109. The number of hydrogen-bond acceptors (Lipinski definition) is 5. The van der Waals surface area contributed by atoms with Crippen molar-refractivity contribution in [1.29, 1.82) is 0 Å². The summed E-state index contributed by atoms with van der Waals surface area (Å²) in [5, 5.41) is 13.8. The first kappa shape index (κ1) is 10.8. The third-order valence-electron chi connectivity index (χ3n) is 2.90. The molecular formula is C12H13N3O3. The van der Waals surface area contributed by atoms with Crippen LogP contribution in [0.25, 0.3) is 11.1 Å². The average Bonchev–Trinajstić information content (AvgIpc) is 2.69. The molecule has 2 heterocycles. The molecule has 0 atom stereocenters. The summed E-state index contributed by atoms with van der Waals surface area (Å²) in [6.45, 7) is 0.948. The predicted octanol–water partition coefficient (Wildman–Crippen LogP) is 1.15. The van der Waals surface area contributed by atoms with Crippen LogP contribution in [-0.4, -0.2) is 28.1 Å². The van der Waals surface area contributed by atoms with E-state index in [-0.39, 0.29) is 5.75 Å². The van der Waals surface area contributed by atoms with Crippen LogP contribution in [0.5, 0.6) is 17.2 Å². The van der Waals surface area contributed by atoms with Gasteiger partial charge in [0, 0.05) is 24.2 Å². The first-order chi connectivity index (χ1) is 8.66. The van der Waals surface area contributed by atoms with Gasteiger partial charge in [-0.25, -0.2) is 0 Å². The Hall–Kier alpha value is -2.37. The maximum Gasteiger partial charge on any atom is 0.169 e. The van der Waals surface area contributed by atoms with Crippen molar-refractivity contribution in [2.45, 2.75) is 0 Å². The van der Waals surface area contributed by atoms with Gasteiger partial charge in [-0.05, 0) is 6.07 Å². The molecule has 6 nitrogen and oxygen atoms in total. The Morgan fingerprint density at radius 2 is 2.06 bits per heavy atom. The van der Waals surface area contributed by atoms with Crippen molar-refractivity contribution < 1.29 is 14.6 Å². The maximum atomic E-state index is 9.72. The van der Waals surface area contributed by atoms with Gasteiger partial charge in [0.1, 0.15) is 24.8 Å². The molecule has 0 amide bonds. The summed E-state index contributed by atoms with van der Waals surface area (Å²) in [5.74, 6) is 1.74. The van der Waals surface area contributed by atoms with Crippen LogP contribution in [-0.2, 0) is 7.05 Å². The van der Waals surface area contributed by atoms with Crippen molar-refractivity contribution in [1.82, 2.24) is 9.78 Å². The van der Waals surface area contributed by atoms with Crippen molar-refractivity contribution in [3.05, 3.63) is 18.3 Å². The molecule has 0 aliphatic carbocycles. The molecule has 0 radical (unpaired) electrons. The summed E-state index contributed by atoms with van der Waals surface area (Å²) in [5.41, 5.74) is 7.35. The van der Waals surface area contributed by atoms with Gasteiger partial charge in [0.25, 0.3) is 0 Å². The van der Waals surface area contributed by atoms with E-state index >= 15 is 0 Å². The summed E-state index contributed by atoms with van der Waals surface area (Å²) in [7, 11) is 1.76. The van der Waals surface area contributed by atoms with Crippen molar-refractivity contribution in [2.24, 2.45) is 7.05 Å². The Bertz CT molecular complexity index is 607. The molecule has 0 bridgehead atoms. The Morgan fingerprint density at radius 3 is 2.78 bits per heavy atom. The van der Waals surface area contributed by atoms with Gasteiger partial charge in [-0.2, -0.15) is 5.10 Å². The fraction of sp³-hybridized carbons (Fsp3) is 0.250. The summed E-state index contributed by atoms with van der Waals surface area (Å²) in [4.78, 5) is 0. The molecule has 1 aromatic carbocycles. The number of hydrogen-bond donors (Lipinski definition) is 2. The van der Waals surface area contributed by atoms with Crippen molar-refractivity contribution in [3.8, 4) is 28.4 Å². The fourth-order valence-electron chi connectivity index (χ4n) is 1.99. The average molecular weight is 247 g/mol. The highest BCUT2D eigenvalue weighted by molar-refractivity contribution is 5.81. The molecule has 0 saturated heterocycles. The number of aromatic hydroxyl groups is 1. The number of phenolic OH excluding ortho intramolecular Hbond substituents is 1. The van der Waals surface area contributed by atoms with Gasteiger partial charge in [-0.3, -0.25) is 4.68 Å². The van der Waals surface area contributed by atoms with E-state index in [0.29, 0.717) is 36.1 Å². The number of nitrogen functional groups attached to an aromatic ring is 1. The van der Waals surface area contributed by atoms with E-state index in [2.05, 4.69) is 5.10 Å². The molecule has 0 spiro atoms.